The SMILES string of the molecule is CCOC(=O)c1cnc2c(cnn2CC(Cl)c2ccccc2)c1Cl. The summed E-state index contributed by atoms with van der Waals surface area (Å²) in [7, 11) is 0. The van der Waals surface area contributed by atoms with E-state index in [0.717, 1.165) is 5.56 Å². The molecule has 2 aromatic heterocycles. The molecule has 2 heterocycles. The first kappa shape index (κ1) is 16.7. The van der Waals surface area contributed by atoms with E-state index in [-0.39, 0.29) is 22.6 Å². The van der Waals surface area contributed by atoms with Crippen molar-refractivity contribution < 1.29 is 9.53 Å². The molecule has 3 aromatic rings. The molecule has 24 heavy (non-hydrogen) atoms. The zero-order valence-corrected chi connectivity index (χ0v) is 14.5. The molecule has 7 heteroatoms. The number of halogens is 2. The van der Waals surface area contributed by atoms with E-state index in [4.69, 9.17) is 27.9 Å². The smallest absolute Gasteiger partial charge is 0.341 e. The van der Waals surface area contributed by atoms with Gasteiger partial charge in [0.2, 0.25) is 0 Å². The minimum atomic E-state index is -0.496. The number of fused-ring (bicyclic) bond motifs is 1. The molecule has 0 saturated carbocycles. The Kier molecular flexibility index (Phi) is 5.02. The van der Waals surface area contributed by atoms with Crippen LogP contribution in [0.25, 0.3) is 11.0 Å². The summed E-state index contributed by atoms with van der Waals surface area (Å²) in [4.78, 5) is 16.2. The third kappa shape index (κ3) is 3.23. The number of benzene rings is 1. The van der Waals surface area contributed by atoms with Crippen molar-refractivity contribution in [3.05, 3.63) is 58.9 Å². The standard InChI is InChI=1S/C17H15Cl2N3O2/c1-2-24-17(23)13-8-20-16-12(15(13)19)9-21-22(16)10-14(18)11-6-4-3-5-7-11/h3-9,14H,2,10H2,1H3. The van der Waals surface area contributed by atoms with Gasteiger partial charge in [0.1, 0.15) is 0 Å². The Morgan fingerprint density at radius 2 is 2.04 bits per heavy atom. The molecule has 124 valence electrons. The highest BCUT2D eigenvalue weighted by Crippen LogP contribution is 2.28. The number of hydrogen-bond acceptors (Lipinski definition) is 4. The number of esters is 1. The van der Waals surface area contributed by atoms with E-state index < -0.39 is 5.97 Å². The van der Waals surface area contributed by atoms with Crippen LogP contribution in [-0.2, 0) is 11.3 Å². The second kappa shape index (κ2) is 7.20. The van der Waals surface area contributed by atoms with Gasteiger partial charge < -0.3 is 4.74 Å². The summed E-state index contributed by atoms with van der Waals surface area (Å²) in [6.45, 7) is 2.45. The average Bonchev–Trinajstić information content (AvgIpc) is 3.00. The quantitative estimate of drug-likeness (QED) is 0.502. The zero-order valence-electron chi connectivity index (χ0n) is 12.9. The first-order valence-electron chi connectivity index (χ1n) is 7.48. The first-order chi connectivity index (χ1) is 11.6. The van der Waals surface area contributed by atoms with Crippen molar-refractivity contribution in [2.75, 3.05) is 6.61 Å². The van der Waals surface area contributed by atoms with Gasteiger partial charge in [-0.15, -0.1) is 11.6 Å². The van der Waals surface area contributed by atoms with Crippen molar-refractivity contribution in [3.8, 4) is 0 Å². The molecule has 0 N–H and O–H groups in total. The lowest BCUT2D eigenvalue weighted by atomic mass is 10.1. The largest absolute Gasteiger partial charge is 0.462 e. The van der Waals surface area contributed by atoms with Crippen molar-refractivity contribution in [3.63, 3.8) is 0 Å². The minimum Gasteiger partial charge on any atom is -0.462 e. The molecule has 0 fully saturated rings. The maximum atomic E-state index is 11.9. The summed E-state index contributed by atoms with van der Waals surface area (Å²) in [5.74, 6) is -0.496. The monoisotopic (exact) mass is 363 g/mol. The zero-order chi connectivity index (χ0) is 17.1. The van der Waals surface area contributed by atoms with Crippen LogP contribution in [0.5, 0.6) is 0 Å². The van der Waals surface area contributed by atoms with E-state index in [1.807, 2.05) is 30.3 Å². The number of carbonyl (C=O) groups excluding carboxylic acids is 1. The molecule has 0 spiro atoms. The molecule has 0 saturated heterocycles. The molecule has 0 aliphatic rings. The maximum absolute atomic E-state index is 11.9. The van der Waals surface area contributed by atoms with Crippen LogP contribution < -0.4 is 0 Å². The molecule has 0 aliphatic heterocycles. The predicted molar refractivity (Wildman–Crippen MR) is 93.5 cm³/mol. The van der Waals surface area contributed by atoms with Gasteiger partial charge in [0.25, 0.3) is 0 Å². The van der Waals surface area contributed by atoms with Crippen LogP contribution in [0.1, 0.15) is 28.2 Å². The number of pyridine rings is 1. The van der Waals surface area contributed by atoms with Crippen LogP contribution in [0.3, 0.4) is 0 Å². The van der Waals surface area contributed by atoms with Crippen molar-refractivity contribution >= 4 is 40.2 Å². The number of rotatable bonds is 5. The van der Waals surface area contributed by atoms with E-state index in [0.29, 0.717) is 17.6 Å². The molecule has 5 nitrogen and oxygen atoms in total. The van der Waals surface area contributed by atoms with E-state index >= 15 is 0 Å². The number of ether oxygens (including phenoxy) is 1. The second-order valence-corrected chi connectivity index (χ2v) is 6.05. The fraction of sp³-hybridized carbons (Fsp3) is 0.235. The molecule has 1 atom stereocenters. The fourth-order valence-corrected chi connectivity index (χ4v) is 2.94. The Balaban J connectivity index is 1.91. The molecule has 0 radical (unpaired) electrons. The first-order valence-corrected chi connectivity index (χ1v) is 8.29. The summed E-state index contributed by atoms with van der Waals surface area (Å²) in [5, 5.41) is 4.93. The van der Waals surface area contributed by atoms with Crippen molar-refractivity contribution in [2.24, 2.45) is 0 Å². The molecule has 3 rings (SSSR count). The molecular weight excluding hydrogens is 349 g/mol. The summed E-state index contributed by atoms with van der Waals surface area (Å²) in [5.41, 5.74) is 1.81. The minimum absolute atomic E-state index is 0.232. The van der Waals surface area contributed by atoms with Gasteiger partial charge in [-0.25, -0.2) is 14.5 Å². The van der Waals surface area contributed by atoms with E-state index in [9.17, 15) is 4.79 Å². The van der Waals surface area contributed by atoms with Crippen LogP contribution in [0, 0.1) is 0 Å². The Hall–Kier alpha value is -2.11. The summed E-state index contributed by atoms with van der Waals surface area (Å²) >= 11 is 12.8. The Morgan fingerprint density at radius 3 is 2.75 bits per heavy atom. The van der Waals surface area contributed by atoms with Gasteiger partial charge in [-0.1, -0.05) is 41.9 Å². The average molecular weight is 364 g/mol. The number of carbonyl (C=O) groups is 1. The van der Waals surface area contributed by atoms with Crippen LogP contribution >= 0.6 is 23.2 Å². The Labute approximate surface area is 149 Å². The van der Waals surface area contributed by atoms with E-state index in [2.05, 4.69) is 10.1 Å². The van der Waals surface area contributed by atoms with Crippen molar-refractivity contribution in [1.29, 1.82) is 0 Å². The van der Waals surface area contributed by atoms with Crippen LogP contribution in [0.2, 0.25) is 5.02 Å². The Bertz CT molecular complexity index is 865. The molecular formula is C17H15Cl2N3O2. The molecule has 1 unspecified atom stereocenters. The fourth-order valence-electron chi connectivity index (χ4n) is 2.40. The lowest BCUT2D eigenvalue weighted by molar-refractivity contribution is 0.0526. The maximum Gasteiger partial charge on any atom is 0.341 e. The number of aromatic nitrogens is 3. The lowest BCUT2D eigenvalue weighted by Crippen LogP contribution is -2.08. The van der Waals surface area contributed by atoms with Crippen molar-refractivity contribution in [1.82, 2.24) is 14.8 Å². The molecule has 0 amide bonds. The van der Waals surface area contributed by atoms with Crippen LogP contribution in [0.15, 0.2) is 42.7 Å². The highest BCUT2D eigenvalue weighted by Gasteiger charge is 2.19. The second-order valence-electron chi connectivity index (χ2n) is 5.15. The third-order valence-electron chi connectivity index (χ3n) is 3.59. The summed E-state index contributed by atoms with van der Waals surface area (Å²) < 4.78 is 6.66. The Morgan fingerprint density at radius 1 is 1.29 bits per heavy atom. The topological polar surface area (TPSA) is 57.0 Å². The highest BCUT2D eigenvalue weighted by molar-refractivity contribution is 6.38. The van der Waals surface area contributed by atoms with Gasteiger partial charge >= 0.3 is 5.97 Å². The van der Waals surface area contributed by atoms with Crippen LogP contribution in [-0.4, -0.2) is 27.3 Å². The summed E-state index contributed by atoms with van der Waals surface area (Å²) in [6, 6.07) is 9.74. The van der Waals surface area contributed by atoms with E-state index in [1.165, 1.54) is 6.20 Å². The number of hydrogen-bond donors (Lipinski definition) is 0. The van der Waals surface area contributed by atoms with Crippen LogP contribution in [0.4, 0.5) is 0 Å². The predicted octanol–water partition coefficient (Wildman–Crippen LogP) is 4.24. The summed E-state index contributed by atoms with van der Waals surface area (Å²) in [6.07, 6.45) is 2.99. The lowest BCUT2D eigenvalue weighted by Gasteiger charge is -2.11. The van der Waals surface area contributed by atoms with Gasteiger partial charge in [0.05, 0.1) is 40.7 Å². The van der Waals surface area contributed by atoms with Crippen molar-refractivity contribution in [2.45, 2.75) is 18.8 Å². The van der Waals surface area contributed by atoms with Gasteiger partial charge in [0, 0.05) is 6.20 Å². The third-order valence-corrected chi connectivity index (χ3v) is 4.39. The normalized spacial score (nSPS) is 12.3. The van der Waals surface area contributed by atoms with Gasteiger partial charge in [-0.2, -0.15) is 5.10 Å². The number of alkyl halides is 1. The molecule has 0 bridgehead atoms. The van der Waals surface area contributed by atoms with E-state index in [1.54, 1.807) is 17.8 Å². The van der Waals surface area contributed by atoms with Gasteiger partial charge in [-0.05, 0) is 12.5 Å². The molecule has 1 aromatic carbocycles. The number of nitrogens with zero attached hydrogens (tertiary/aromatic N) is 3. The molecule has 0 aliphatic carbocycles. The highest BCUT2D eigenvalue weighted by atomic mass is 35.5. The van der Waals surface area contributed by atoms with Gasteiger partial charge in [0.15, 0.2) is 5.65 Å². The van der Waals surface area contributed by atoms with Gasteiger partial charge in [-0.3, -0.25) is 0 Å².